The van der Waals surface area contributed by atoms with Gasteiger partial charge < -0.3 is 47.5 Å². The fourth-order valence-corrected chi connectivity index (χ4v) is 3.00. The van der Waals surface area contributed by atoms with E-state index in [2.05, 4.69) is 20.9 Å². The number of primary amides is 1. The number of hydrogen-bond donors (Lipinski definition) is 8. The molecule has 0 aliphatic carbocycles. The van der Waals surface area contributed by atoms with E-state index in [0.29, 0.717) is 0 Å². The highest BCUT2D eigenvalue weighted by Crippen LogP contribution is 2.27. The quantitative estimate of drug-likeness (QED) is 0.188. The van der Waals surface area contributed by atoms with E-state index in [4.69, 9.17) is 16.2 Å². The lowest BCUT2D eigenvalue weighted by Gasteiger charge is -2.42. The first-order chi connectivity index (χ1) is 14.6. The Hall–Kier alpha value is -3.11. The lowest BCUT2D eigenvalue weighted by atomic mass is 9.94. The molecular weight excluding hydrogens is 418 g/mol. The van der Waals surface area contributed by atoms with Gasteiger partial charge in [0.05, 0.1) is 19.2 Å². The average molecular weight is 443 g/mol. The summed E-state index contributed by atoms with van der Waals surface area (Å²) in [5.41, 5.74) is 9.81. The first kappa shape index (κ1) is 24.2. The molecular formula is C16H25N7O8. The predicted octanol–water partition coefficient (Wildman–Crippen LogP) is -5.89. The van der Waals surface area contributed by atoms with Crippen molar-refractivity contribution in [2.45, 2.75) is 36.6 Å². The van der Waals surface area contributed by atoms with Gasteiger partial charge in [0.1, 0.15) is 24.1 Å². The Bertz CT molecular complexity index is 878. The van der Waals surface area contributed by atoms with E-state index in [1.165, 1.54) is 13.1 Å². The predicted molar refractivity (Wildman–Crippen MR) is 103 cm³/mol. The number of carbonyl (C=O) groups excluding carboxylic acids is 3. The number of nitrogens with zero attached hydrogens (tertiary/aromatic N) is 2. The molecule has 15 nitrogen and oxygen atoms in total. The molecule has 0 radical (unpaired) electrons. The molecule has 15 heteroatoms. The molecule has 0 bridgehead atoms. The first-order valence-corrected chi connectivity index (χ1v) is 9.11. The fourth-order valence-electron chi connectivity index (χ4n) is 3.00. The summed E-state index contributed by atoms with van der Waals surface area (Å²) in [6.45, 7) is -0.919. The number of amides is 3. The van der Waals surface area contributed by atoms with Crippen LogP contribution >= 0.6 is 0 Å². The van der Waals surface area contributed by atoms with E-state index in [9.17, 15) is 34.5 Å². The SMILES string of the molecule is CNCC(=O)N[C@H](CO)C(=O)NC1C(C(N)=O)OC(n2ccc(N)nc2=O)C(O)C1O. The van der Waals surface area contributed by atoms with E-state index in [-0.39, 0.29) is 12.4 Å². The van der Waals surface area contributed by atoms with Gasteiger partial charge in [0.15, 0.2) is 12.3 Å². The number of likely N-dealkylation sites (N-methyl/N-ethyl adjacent to an activating group) is 1. The molecule has 1 aliphatic rings. The summed E-state index contributed by atoms with van der Waals surface area (Å²) in [6.07, 6.45) is -5.72. The fraction of sp³-hybridized carbons (Fsp3) is 0.562. The Kier molecular flexibility index (Phi) is 8.01. The van der Waals surface area contributed by atoms with Crippen molar-refractivity contribution in [3.8, 4) is 0 Å². The summed E-state index contributed by atoms with van der Waals surface area (Å²) in [6, 6.07) is -1.74. The van der Waals surface area contributed by atoms with Gasteiger partial charge in [-0.1, -0.05) is 0 Å². The van der Waals surface area contributed by atoms with Crippen LogP contribution in [0.25, 0.3) is 0 Å². The number of carbonyl (C=O) groups is 3. The number of rotatable bonds is 8. The van der Waals surface area contributed by atoms with Crippen molar-refractivity contribution in [2.75, 3.05) is 25.9 Å². The van der Waals surface area contributed by atoms with E-state index in [1.807, 2.05) is 0 Å². The van der Waals surface area contributed by atoms with Gasteiger partial charge in [-0.2, -0.15) is 4.98 Å². The molecule has 0 saturated carbocycles. The van der Waals surface area contributed by atoms with Crippen molar-refractivity contribution in [1.29, 1.82) is 0 Å². The molecule has 31 heavy (non-hydrogen) atoms. The zero-order chi connectivity index (χ0) is 23.3. The smallest absolute Gasteiger partial charge is 0.351 e. The number of nitrogens with two attached hydrogens (primary N) is 2. The zero-order valence-corrected chi connectivity index (χ0v) is 16.5. The van der Waals surface area contributed by atoms with E-state index >= 15 is 0 Å². The minimum Gasteiger partial charge on any atom is -0.394 e. The van der Waals surface area contributed by atoms with Crippen molar-refractivity contribution < 1.29 is 34.4 Å². The Morgan fingerprint density at radius 3 is 2.55 bits per heavy atom. The number of anilines is 1. The van der Waals surface area contributed by atoms with Crippen molar-refractivity contribution >= 4 is 23.5 Å². The van der Waals surface area contributed by atoms with Crippen molar-refractivity contribution in [3.05, 3.63) is 22.7 Å². The number of hydrogen-bond acceptors (Lipinski definition) is 11. The molecule has 6 atom stereocenters. The molecule has 0 spiro atoms. The summed E-state index contributed by atoms with van der Waals surface area (Å²) < 4.78 is 6.21. The molecule has 2 heterocycles. The average Bonchev–Trinajstić information content (AvgIpc) is 2.70. The minimum atomic E-state index is -1.82. The number of aliphatic hydroxyl groups excluding tert-OH is 3. The monoisotopic (exact) mass is 443 g/mol. The van der Waals surface area contributed by atoms with Crippen LogP contribution in [0.15, 0.2) is 17.1 Å². The number of nitrogen functional groups attached to an aromatic ring is 1. The lowest BCUT2D eigenvalue weighted by molar-refractivity contribution is -0.212. The van der Waals surface area contributed by atoms with Crippen molar-refractivity contribution in [2.24, 2.45) is 5.73 Å². The summed E-state index contributed by atoms with van der Waals surface area (Å²) in [5, 5.41) is 37.4. The van der Waals surface area contributed by atoms with Crippen LogP contribution in [0.2, 0.25) is 0 Å². The van der Waals surface area contributed by atoms with Crippen LogP contribution < -0.4 is 33.1 Å². The van der Waals surface area contributed by atoms with Crippen LogP contribution in [0.4, 0.5) is 5.82 Å². The van der Waals surface area contributed by atoms with Gasteiger partial charge in [0.2, 0.25) is 17.7 Å². The van der Waals surface area contributed by atoms with Gasteiger partial charge >= 0.3 is 5.69 Å². The van der Waals surface area contributed by atoms with Gasteiger partial charge in [-0.3, -0.25) is 19.0 Å². The highest BCUT2D eigenvalue weighted by molar-refractivity contribution is 5.89. The number of ether oxygens (including phenoxy) is 1. The van der Waals surface area contributed by atoms with Gasteiger partial charge in [0, 0.05) is 6.20 Å². The summed E-state index contributed by atoms with van der Waals surface area (Å²) in [4.78, 5) is 51.6. The minimum absolute atomic E-state index is 0.0981. The second-order valence-electron chi connectivity index (χ2n) is 6.74. The zero-order valence-electron chi connectivity index (χ0n) is 16.5. The molecule has 1 fully saturated rings. The molecule has 172 valence electrons. The van der Waals surface area contributed by atoms with Crippen LogP contribution in [-0.4, -0.2) is 93.2 Å². The maximum atomic E-state index is 12.5. The largest absolute Gasteiger partial charge is 0.394 e. The lowest BCUT2D eigenvalue weighted by Crippen LogP contribution is -2.67. The third-order valence-electron chi connectivity index (χ3n) is 4.51. The third kappa shape index (κ3) is 5.53. The normalized spacial score (nSPS) is 26.6. The molecule has 3 amide bonds. The van der Waals surface area contributed by atoms with Crippen molar-refractivity contribution in [1.82, 2.24) is 25.5 Å². The third-order valence-corrected chi connectivity index (χ3v) is 4.51. The maximum Gasteiger partial charge on any atom is 0.351 e. The molecule has 1 aromatic heterocycles. The topological polar surface area (TPSA) is 244 Å². The molecule has 1 aliphatic heterocycles. The second kappa shape index (κ2) is 10.3. The summed E-state index contributed by atoms with van der Waals surface area (Å²) in [7, 11) is 1.50. The van der Waals surface area contributed by atoms with E-state index < -0.39 is 66.6 Å². The van der Waals surface area contributed by atoms with Crippen LogP contribution in [0.1, 0.15) is 6.23 Å². The molecule has 2 rings (SSSR count). The Morgan fingerprint density at radius 2 is 2.00 bits per heavy atom. The van der Waals surface area contributed by atoms with Gasteiger partial charge in [-0.05, 0) is 13.1 Å². The maximum absolute atomic E-state index is 12.5. The number of nitrogens with one attached hydrogen (secondary N) is 3. The Labute approximate surface area is 175 Å². The highest BCUT2D eigenvalue weighted by Gasteiger charge is 2.49. The van der Waals surface area contributed by atoms with Crippen LogP contribution in [-0.2, 0) is 19.1 Å². The van der Waals surface area contributed by atoms with Gasteiger partial charge in [-0.25, -0.2) is 4.79 Å². The Morgan fingerprint density at radius 1 is 1.32 bits per heavy atom. The summed E-state index contributed by atoms with van der Waals surface area (Å²) >= 11 is 0. The van der Waals surface area contributed by atoms with E-state index in [0.717, 1.165) is 10.8 Å². The second-order valence-corrected chi connectivity index (χ2v) is 6.74. The summed E-state index contributed by atoms with van der Waals surface area (Å²) in [5.74, 6) is -2.78. The van der Waals surface area contributed by atoms with E-state index in [1.54, 1.807) is 0 Å². The number of aliphatic hydroxyl groups is 3. The molecule has 10 N–H and O–H groups in total. The van der Waals surface area contributed by atoms with Crippen molar-refractivity contribution in [3.63, 3.8) is 0 Å². The Balaban J connectivity index is 2.24. The molecule has 0 aromatic carbocycles. The molecule has 1 saturated heterocycles. The standard InChI is InChI=1S/C16H25N7O8/c1-19-4-8(25)20-6(5-24)14(29)22-9-10(26)11(27)15(31-12(9)13(18)28)23-3-2-7(17)21-16(23)30/h2-3,6,9-12,15,19,24,26-27H,4-5H2,1H3,(H2,18,28)(H,20,25)(H,22,29)(H2,17,21,30)/t6-,9?,10?,11?,12?,15?/m1/s1. The van der Waals surface area contributed by atoms with Crippen LogP contribution in [0.3, 0.4) is 0 Å². The molecule has 1 aromatic rings. The van der Waals surface area contributed by atoms with Gasteiger partial charge in [0.25, 0.3) is 0 Å². The molecule has 5 unspecified atom stereocenters. The number of aromatic nitrogens is 2. The highest BCUT2D eigenvalue weighted by atomic mass is 16.5. The van der Waals surface area contributed by atoms with Gasteiger partial charge in [-0.15, -0.1) is 0 Å². The van der Waals surface area contributed by atoms with Crippen LogP contribution in [0, 0.1) is 0 Å². The van der Waals surface area contributed by atoms with Crippen LogP contribution in [0.5, 0.6) is 0 Å². The first-order valence-electron chi connectivity index (χ1n) is 9.11.